The van der Waals surface area contributed by atoms with E-state index in [0.717, 1.165) is 43.8 Å². The van der Waals surface area contributed by atoms with Crippen LogP contribution >= 0.6 is 24.0 Å². The molecule has 0 spiro atoms. The van der Waals surface area contributed by atoms with Gasteiger partial charge in [0.15, 0.2) is 5.96 Å². The fourth-order valence-corrected chi connectivity index (χ4v) is 3.26. The number of hydrogen-bond donors (Lipinski definition) is 2. The van der Waals surface area contributed by atoms with Gasteiger partial charge in [0.05, 0.1) is 7.11 Å². The lowest BCUT2D eigenvalue weighted by atomic mass is 10.1. The molecule has 1 aromatic rings. The van der Waals surface area contributed by atoms with Crippen molar-refractivity contribution < 1.29 is 4.74 Å². The summed E-state index contributed by atoms with van der Waals surface area (Å²) in [5, 5.41) is 6.90. The fourth-order valence-electron chi connectivity index (χ4n) is 3.26. The first kappa shape index (κ1) is 20.1. The molecule has 2 aliphatic rings. The zero-order chi connectivity index (χ0) is 16.9. The van der Waals surface area contributed by atoms with Gasteiger partial charge in [0.1, 0.15) is 5.75 Å². The minimum absolute atomic E-state index is 0. The number of methoxy groups -OCH3 is 1. The first-order valence-corrected chi connectivity index (χ1v) is 9.13. The van der Waals surface area contributed by atoms with Crippen molar-refractivity contribution in [3.8, 4) is 5.75 Å². The quantitative estimate of drug-likeness (QED) is 0.391. The predicted molar refractivity (Wildman–Crippen MR) is 115 cm³/mol. The summed E-state index contributed by atoms with van der Waals surface area (Å²) in [6.45, 7) is 8.36. The fraction of sp³-hybridized carbons (Fsp3) is 0.632. The predicted octanol–water partition coefficient (Wildman–Crippen LogP) is 3.10. The minimum atomic E-state index is 0. The second kappa shape index (κ2) is 9.50. The molecule has 2 fully saturated rings. The molecular weight excluding hydrogens is 427 g/mol. The molecule has 3 rings (SSSR count). The Kier molecular flexibility index (Phi) is 7.65. The monoisotopic (exact) mass is 458 g/mol. The molecule has 1 heterocycles. The Morgan fingerprint density at radius 1 is 1.40 bits per heavy atom. The molecule has 1 aliphatic carbocycles. The van der Waals surface area contributed by atoms with E-state index in [9.17, 15) is 0 Å². The van der Waals surface area contributed by atoms with Crippen LogP contribution in [-0.2, 0) is 0 Å². The standard InChI is InChI=1S/C19H30N4O.HI/c1-4-20-19(22-18-10-14(18)2)21-12-15-8-9-23(13-15)16-6-5-7-17(11-16)24-3;/h5-7,11,14-15,18H,4,8-10,12-13H2,1-3H3,(H2,20,21,22);1H. The van der Waals surface area contributed by atoms with Crippen LogP contribution in [0.4, 0.5) is 5.69 Å². The third kappa shape index (κ3) is 5.66. The second-order valence-corrected chi connectivity index (χ2v) is 6.99. The van der Waals surface area contributed by atoms with Crippen LogP contribution in [0, 0.1) is 11.8 Å². The average molecular weight is 458 g/mol. The molecule has 5 nitrogen and oxygen atoms in total. The van der Waals surface area contributed by atoms with E-state index in [0.29, 0.717) is 12.0 Å². The zero-order valence-electron chi connectivity index (χ0n) is 15.5. The summed E-state index contributed by atoms with van der Waals surface area (Å²) < 4.78 is 5.33. The molecule has 6 heteroatoms. The summed E-state index contributed by atoms with van der Waals surface area (Å²) >= 11 is 0. The summed E-state index contributed by atoms with van der Waals surface area (Å²) in [6, 6.07) is 8.94. The van der Waals surface area contributed by atoms with Gasteiger partial charge in [-0.3, -0.25) is 4.99 Å². The van der Waals surface area contributed by atoms with E-state index in [1.165, 1.54) is 18.5 Å². The number of nitrogens with zero attached hydrogens (tertiary/aromatic N) is 2. The van der Waals surface area contributed by atoms with E-state index < -0.39 is 0 Å². The topological polar surface area (TPSA) is 48.9 Å². The van der Waals surface area contributed by atoms with Gasteiger partial charge in [-0.15, -0.1) is 24.0 Å². The van der Waals surface area contributed by atoms with Gasteiger partial charge in [-0.2, -0.15) is 0 Å². The number of rotatable bonds is 6. The number of ether oxygens (including phenoxy) is 1. The van der Waals surface area contributed by atoms with Crippen LogP contribution in [0.15, 0.2) is 29.3 Å². The molecular formula is C19H31IN4O. The highest BCUT2D eigenvalue weighted by Gasteiger charge is 2.33. The molecule has 0 radical (unpaired) electrons. The van der Waals surface area contributed by atoms with Crippen molar-refractivity contribution in [3.05, 3.63) is 24.3 Å². The normalized spacial score (nSPS) is 25.3. The number of anilines is 1. The first-order valence-electron chi connectivity index (χ1n) is 9.13. The molecule has 0 aromatic heterocycles. The molecule has 1 saturated carbocycles. The number of halogens is 1. The third-order valence-corrected chi connectivity index (χ3v) is 4.99. The lowest BCUT2D eigenvalue weighted by Crippen LogP contribution is -2.39. The number of hydrogen-bond acceptors (Lipinski definition) is 3. The number of aliphatic imine (C=N–C) groups is 1. The Morgan fingerprint density at radius 3 is 2.88 bits per heavy atom. The van der Waals surface area contributed by atoms with Gasteiger partial charge in [-0.1, -0.05) is 13.0 Å². The van der Waals surface area contributed by atoms with Crippen LogP contribution in [0.25, 0.3) is 0 Å². The summed E-state index contributed by atoms with van der Waals surface area (Å²) in [5.74, 6) is 3.30. The molecule has 2 N–H and O–H groups in total. The molecule has 3 atom stereocenters. The van der Waals surface area contributed by atoms with E-state index in [1.54, 1.807) is 7.11 Å². The largest absolute Gasteiger partial charge is 0.497 e. The number of nitrogens with one attached hydrogen (secondary N) is 2. The molecule has 1 aliphatic heterocycles. The highest BCUT2D eigenvalue weighted by Crippen LogP contribution is 2.29. The molecule has 25 heavy (non-hydrogen) atoms. The maximum absolute atomic E-state index is 5.33. The van der Waals surface area contributed by atoms with E-state index in [2.05, 4.69) is 47.6 Å². The van der Waals surface area contributed by atoms with Crippen molar-refractivity contribution in [2.24, 2.45) is 16.8 Å². The van der Waals surface area contributed by atoms with E-state index in [1.807, 2.05) is 6.07 Å². The summed E-state index contributed by atoms with van der Waals surface area (Å²) in [4.78, 5) is 7.25. The Morgan fingerprint density at radius 2 is 2.20 bits per heavy atom. The Balaban J connectivity index is 0.00000225. The molecule has 1 aromatic carbocycles. The van der Waals surface area contributed by atoms with Crippen molar-refractivity contribution in [3.63, 3.8) is 0 Å². The van der Waals surface area contributed by atoms with E-state index >= 15 is 0 Å². The Labute approximate surface area is 168 Å². The van der Waals surface area contributed by atoms with Gasteiger partial charge in [0, 0.05) is 44.0 Å². The zero-order valence-corrected chi connectivity index (χ0v) is 17.8. The van der Waals surface area contributed by atoms with Crippen molar-refractivity contribution in [2.45, 2.75) is 32.7 Å². The maximum atomic E-state index is 5.33. The lowest BCUT2D eigenvalue weighted by molar-refractivity contribution is 0.415. The highest BCUT2D eigenvalue weighted by molar-refractivity contribution is 14.0. The second-order valence-electron chi connectivity index (χ2n) is 6.99. The van der Waals surface area contributed by atoms with Gasteiger partial charge < -0.3 is 20.3 Å². The van der Waals surface area contributed by atoms with Gasteiger partial charge in [-0.25, -0.2) is 0 Å². The van der Waals surface area contributed by atoms with Crippen LogP contribution in [0.1, 0.15) is 26.7 Å². The van der Waals surface area contributed by atoms with E-state index in [-0.39, 0.29) is 24.0 Å². The average Bonchev–Trinajstić information content (AvgIpc) is 3.10. The number of guanidine groups is 1. The van der Waals surface area contributed by atoms with Crippen LogP contribution in [0.2, 0.25) is 0 Å². The van der Waals surface area contributed by atoms with Crippen molar-refractivity contribution in [1.82, 2.24) is 10.6 Å². The van der Waals surface area contributed by atoms with Crippen LogP contribution < -0.4 is 20.3 Å². The van der Waals surface area contributed by atoms with Gasteiger partial charge >= 0.3 is 0 Å². The molecule has 0 bridgehead atoms. The van der Waals surface area contributed by atoms with Crippen molar-refractivity contribution in [2.75, 3.05) is 38.2 Å². The number of benzene rings is 1. The van der Waals surface area contributed by atoms with Gasteiger partial charge in [0.2, 0.25) is 0 Å². The summed E-state index contributed by atoms with van der Waals surface area (Å²) in [6.07, 6.45) is 2.46. The van der Waals surface area contributed by atoms with Gasteiger partial charge in [0.25, 0.3) is 0 Å². The van der Waals surface area contributed by atoms with Crippen molar-refractivity contribution >= 4 is 35.6 Å². The Bertz CT molecular complexity index is 580. The summed E-state index contributed by atoms with van der Waals surface area (Å²) in [7, 11) is 1.72. The van der Waals surface area contributed by atoms with Crippen LogP contribution in [-0.4, -0.2) is 45.3 Å². The summed E-state index contributed by atoms with van der Waals surface area (Å²) in [5.41, 5.74) is 1.25. The van der Waals surface area contributed by atoms with Crippen LogP contribution in [0.3, 0.4) is 0 Å². The SMILES string of the molecule is CCNC(=NCC1CCN(c2cccc(OC)c2)C1)NC1CC1C.I. The first-order chi connectivity index (χ1) is 11.7. The molecule has 0 amide bonds. The van der Waals surface area contributed by atoms with E-state index in [4.69, 9.17) is 9.73 Å². The molecule has 3 unspecified atom stereocenters. The van der Waals surface area contributed by atoms with Crippen LogP contribution in [0.5, 0.6) is 5.75 Å². The minimum Gasteiger partial charge on any atom is -0.497 e. The smallest absolute Gasteiger partial charge is 0.191 e. The third-order valence-electron chi connectivity index (χ3n) is 4.99. The van der Waals surface area contributed by atoms with Crippen molar-refractivity contribution in [1.29, 1.82) is 0 Å². The molecule has 140 valence electrons. The Hall–Kier alpha value is -1.18. The maximum Gasteiger partial charge on any atom is 0.191 e. The van der Waals surface area contributed by atoms with Gasteiger partial charge in [-0.05, 0) is 43.7 Å². The lowest BCUT2D eigenvalue weighted by Gasteiger charge is -2.19. The highest BCUT2D eigenvalue weighted by atomic mass is 127. The molecule has 1 saturated heterocycles.